The van der Waals surface area contributed by atoms with Gasteiger partial charge in [0.25, 0.3) is 0 Å². The highest BCUT2D eigenvalue weighted by Crippen LogP contribution is 2.43. The van der Waals surface area contributed by atoms with Crippen LogP contribution < -0.4 is 5.73 Å². The van der Waals surface area contributed by atoms with Crippen molar-refractivity contribution in [2.45, 2.75) is 148 Å². The second-order valence-electron chi connectivity index (χ2n) is 12.4. The Balaban J connectivity index is 4.36. The summed E-state index contributed by atoms with van der Waals surface area (Å²) in [6.45, 7) is 3.49. The van der Waals surface area contributed by atoms with E-state index in [2.05, 4.69) is 80.7 Å². The van der Waals surface area contributed by atoms with Crippen LogP contribution in [0.1, 0.15) is 142 Å². The summed E-state index contributed by atoms with van der Waals surface area (Å²) in [5, 5.41) is 0. The fourth-order valence-corrected chi connectivity index (χ4v) is 5.49. The lowest BCUT2D eigenvalue weighted by molar-refractivity contribution is -0.161. The molecular weight excluding hydrogens is 665 g/mol. The number of hydrogen-bond acceptors (Lipinski definition) is 8. The number of hydrogen-bond donors (Lipinski definition) is 2. The van der Waals surface area contributed by atoms with Crippen LogP contribution in [0.4, 0.5) is 0 Å². The monoisotopic (exact) mass is 735 g/mol. The molecule has 292 valence electrons. The molecule has 0 radical (unpaired) electrons. The summed E-state index contributed by atoms with van der Waals surface area (Å²) in [5.41, 5.74) is 5.33. The van der Waals surface area contributed by atoms with Gasteiger partial charge in [-0.1, -0.05) is 125 Å². The molecule has 0 saturated carbocycles. The number of ether oxygens (including phenoxy) is 2. The van der Waals surface area contributed by atoms with E-state index in [1.807, 2.05) is 6.08 Å². The van der Waals surface area contributed by atoms with E-state index in [9.17, 15) is 19.0 Å². The molecule has 51 heavy (non-hydrogen) atoms. The average molecular weight is 736 g/mol. The lowest BCUT2D eigenvalue weighted by atomic mass is 10.1. The highest BCUT2D eigenvalue weighted by atomic mass is 31.2. The van der Waals surface area contributed by atoms with Gasteiger partial charge in [0.2, 0.25) is 0 Å². The normalized spacial score (nSPS) is 14.2. The first kappa shape index (κ1) is 48.5. The van der Waals surface area contributed by atoms with Crippen molar-refractivity contribution < 1.29 is 37.6 Å². The Morgan fingerprint density at radius 3 is 1.69 bits per heavy atom. The maximum absolute atomic E-state index is 12.5. The summed E-state index contributed by atoms with van der Waals surface area (Å²) in [5.74, 6) is -0.916. The number of phosphoric acid groups is 1. The van der Waals surface area contributed by atoms with E-state index < -0.39 is 32.5 Å². The lowest BCUT2D eigenvalue weighted by Gasteiger charge is -2.19. The molecule has 0 amide bonds. The number of allylic oxidation sites excluding steroid dienone is 12. The molecule has 9 nitrogen and oxygen atoms in total. The molecule has 10 heteroatoms. The molecule has 0 heterocycles. The third-order valence-electron chi connectivity index (χ3n) is 7.58. The number of unbranched alkanes of at least 4 members (excludes halogenated alkanes) is 10. The van der Waals surface area contributed by atoms with E-state index in [4.69, 9.17) is 24.3 Å². The van der Waals surface area contributed by atoms with Crippen LogP contribution in [0.3, 0.4) is 0 Å². The SMILES string of the molecule is CC/C=C\C/C=C\C/C=C\C/C=C\C/C=C\CCCC(=O)O[C@H](COC(=O)CCCCCCC/C=C\CCCCCC)COP(=O)(O)OCCN. The number of carbonyl (C=O) groups excluding carboxylic acids is 2. The van der Waals surface area contributed by atoms with Gasteiger partial charge in [0.1, 0.15) is 6.61 Å². The van der Waals surface area contributed by atoms with Crippen molar-refractivity contribution in [2.24, 2.45) is 5.73 Å². The van der Waals surface area contributed by atoms with Crippen LogP contribution in [0, 0.1) is 0 Å². The predicted molar refractivity (Wildman–Crippen MR) is 210 cm³/mol. The molecule has 0 aliphatic heterocycles. The quantitative estimate of drug-likeness (QED) is 0.0282. The minimum Gasteiger partial charge on any atom is -0.462 e. The average Bonchev–Trinajstić information content (AvgIpc) is 3.11. The molecular formula is C41H70NO8P. The van der Waals surface area contributed by atoms with Gasteiger partial charge < -0.3 is 20.1 Å². The topological polar surface area (TPSA) is 134 Å². The molecule has 1 unspecified atom stereocenters. The van der Waals surface area contributed by atoms with Gasteiger partial charge >= 0.3 is 19.8 Å². The van der Waals surface area contributed by atoms with Crippen molar-refractivity contribution >= 4 is 19.8 Å². The third-order valence-corrected chi connectivity index (χ3v) is 8.56. The number of phosphoric ester groups is 1. The Labute approximate surface area is 310 Å². The van der Waals surface area contributed by atoms with Crippen molar-refractivity contribution in [1.82, 2.24) is 0 Å². The van der Waals surface area contributed by atoms with Crippen LogP contribution in [0.2, 0.25) is 0 Å². The molecule has 0 saturated heterocycles. The van der Waals surface area contributed by atoms with Gasteiger partial charge in [-0.05, 0) is 77.0 Å². The Bertz CT molecular complexity index is 1070. The molecule has 0 aromatic heterocycles. The van der Waals surface area contributed by atoms with Crippen LogP contribution in [0.25, 0.3) is 0 Å². The number of nitrogens with two attached hydrogens (primary N) is 1. The molecule has 2 atom stereocenters. The van der Waals surface area contributed by atoms with Crippen LogP contribution >= 0.6 is 7.82 Å². The molecule has 0 aromatic carbocycles. The molecule has 0 rings (SSSR count). The maximum atomic E-state index is 12.5. The van der Waals surface area contributed by atoms with E-state index in [0.29, 0.717) is 19.3 Å². The van der Waals surface area contributed by atoms with E-state index in [1.54, 1.807) is 0 Å². The van der Waals surface area contributed by atoms with Gasteiger partial charge in [-0.25, -0.2) is 4.57 Å². The maximum Gasteiger partial charge on any atom is 0.472 e. The molecule has 0 aliphatic rings. The first-order chi connectivity index (χ1) is 24.8. The standard InChI is InChI=1S/C41H70NO8P/c1-3-5-7-9-11-13-15-17-18-19-20-22-24-26-28-30-32-34-41(44)50-39(38-49-51(45,46)48-36-35-42)37-47-40(43)33-31-29-27-25-23-21-16-14-12-10-8-6-4-2/h5,7,11,13-14,16-18,20,22,26,28,39H,3-4,6,8-10,12,15,19,21,23-25,27,29-38,42H2,1-2H3,(H,45,46)/b7-5-,13-11-,16-14-,18-17-,22-20-,28-26-/t39-/m1/s1. The first-order valence-electron chi connectivity index (χ1n) is 19.4. The fraction of sp³-hybridized carbons (Fsp3) is 0.659. The molecule has 0 aromatic rings. The lowest BCUT2D eigenvalue weighted by Crippen LogP contribution is -2.29. The van der Waals surface area contributed by atoms with Gasteiger partial charge in [-0.3, -0.25) is 18.6 Å². The Kier molecular flexibility index (Phi) is 35.4. The van der Waals surface area contributed by atoms with Gasteiger partial charge in [-0.15, -0.1) is 0 Å². The number of carbonyl (C=O) groups is 2. The minimum atomic E-state index is -4.39. The summed E-state index contributed by atoms with van der Waals surface area (Å²) in [6, 6.07) is 0. The van der Waals surface area contributed by atoms with Crippen molar-refractivity contribution in [2.75, 3.05) is 26.4 Å². The van der Waals surface area contributed by atoms with Crippen LogP contribution in [0.15, 0.2) is 72.9 Å². The zero-order valence-corrected chi connectivity index (χ0v) is 32.7. The Morgan fingerprint density at radius 1 is 0.608 bits per heavy atom. The highest BCUT2D eigenvalue weighted by molar-refractivity contribution is 7.47. The van der Waals surface area contributed by atoms with E-state index in [0.717, 1.165) is 64.2 Å². The molecule has 3 N–H and O–H groups in total. The van der Waals surface area contributed by atoms with Crippen molar-refractivity contribution in [3.8, 4) is 0 Å². The third kappa shape index (κ3) is 37.0. The Hall–Kier alpha value is -2.55. The van der Waals surface area contributed by atoms with Crippen LogP contribution in [0.5, 0.6) is 0 Å². The van der Waals surface area contributed by atoms with Gasteiger partial charge in [0.05, 0.1) is 13.2 Å². The molecule has 0 spiro atoms. The van der Waals surface area contributed by atoms with Crippen molar-refractivity contribution in [3.63, 3.8) is 0 Å². The van der Waals surface area contributed by atoms with Gasteiger partial charge in [0.15, 0.2) is 6.10 Å². The zero-order valence-electron chi connectivity index (χ0n) is 31.8. The number of esters is 2. The second kappa shape index (κ2) is 37.2. The largest absolute Gasteiger partial charge is 0.472 e. The summed E-state index contributed by atoms with van der Waals surface area (Å²) in [7, 11) is -4.39. The van der Waals surface area contributed by atoms with Gasteiger partial charge in [0, 0.05) is 19.4 Å². The predicted octanol–water partition coefficient (Wildman–Crippen LogP) is 10.7. The molecule has 0 bridgehead atoms. The zero-order chi connectivity index (χ0) is 37.5. The second-order valence-corrected chi connectivity index (χ2v) is 13.9. The van der Waals surface area contributed by atoms with Crippen LogP contribution in [-0.4, -0.2) is 49.3 Å². The Morgan fingerprint density at radius 2 is 1.10 bits per heavy atom. The van der Waals surface area contributed by atoms with E-state index >= 15 is 0 Å². The highest BCUT2D eigenvalue weighted by Gasteiger charge is 2.25. The fourth-order valence-electron chi connectivity index (χ4n) is 4.72. The van der Waals surface area contributed by atoms with E-state index in [-0.39, 0.29) is 32.6 Å². The van der Waals surface area contributed by atoms with Crippen molar-refractivity contribution in [1.29, 1.82) is 0 Å². The molecule has 0 fully saturated rings. The summed E-state index contributed by atoms with van der Waals surface area (Å²) in [4.78, 5) is 34.7. The molecule has 0 aliphatic carbocycles. The summed E-state index contributed by atoms with van der Waals surface area (Å²) >= 11 is 0. The van der Waals surface area contributed by atoms with Crippen LogP contribution in [-0.2, 0) is 32.7 Å². The van der Waals surface area contributed by atoms with Gasteiger partial charge in [-0.2, -0.15) is 0 Å². The smallest absolute Gasteiger partial charge is 0.462 e. The summed E-state index contributed by atoms with van der Waals surface area (Å²) in [6.07, 6.45) is 43.7. The van der Waals surface area contributed by atoms with Crippen molar-refractivity contribution in [3.05, 3.63) is 72.9 Å². The first-order valence-corrected chi connectivity index (χ1v) is 20.9. The number of rotatable bonds is 35. The summed E-state index contributed by atoms with van der Waals surface area (Å²) < 4.78 is 32.6. The minimum absolute atomic E-state index is 0.0397. The van der Waals surface area contributed by atoms with E-state index in [1.165, 1.54) is 32.1 Å².